The Morgan fingerprint density at radius 2 is 1.89 bits per heavy atom. The molecule has 6 heteroatoms. The molecule has 150 valence electrons. The molecule has 0 aromatic heterocycles. The van der Waals surface area contributed by atoms with Crippen LogP contribution >= 0.6 is 12.4 Å². The number of piperidine rings is 1. The van der Waals surface area contributed by atoms with E-state index in [1.807, 2.05) is 30.3 Å². The van der Waals surface area contributed by atoms with Crippen LogP contribution < -0.4 is 9.47 Å². The summed E-state index contributed by atoms with van der Waals surface area (Å²) in [6, 6.07) is 16.3. The van der Waals surface area contributed by atoms with E-state index in [1.54, 1.807) is 0 Å². The summed E-state index contributed by atoms with van der Waals surface area (Å²) >= 11 is 0. The lowest BCUT2D eigenvalue weighted by Crippen LogP contribution is -2.44. The Balaban J connectivity index is 0.00000225. The van der Waals surface area contributed by atoms with Gasteiger partial charge >= 0.3 is 5.97 Å². The second kappa shape index (κ2) is 8.84. The Hall–Kier alpha value is -2.24. The van der Waals surface area contributed by atoms with E-state index in [9.17, 15) is 4.79 Å². The molecule has 0 saturated carbocycles. The topological polar surface area (TPSA) is 59.0 Å². The Labute approximate surface area is 171 Å². The van der Waals surface area contributed by atoms with Crippen LogP contribution in [-0.2, 0) is 16.8 Å². The SMILES string of the molecule is Cl.O=C(O)CCN1CCC2(CC1)COc1cc(OCc3ccccc3)ccc12. The fourth-order valence-electron chi connectivity index (χ4n) is 4.06. The average molecular weight is 404 g/mol. The third kappa shape index (κ3) is 4.42. The minimum absolute atomic E-state index is 0. The van der Waals surface area contributed by atoms with Crippen molar-refractivity contribution in [2.24, 2.45) is 0 Å². The maximum absolute atomic E-state index is 10.8. The molecule has 1 saturated heterocycles. The fourth-order valence-corrected chi connectivity index (χ4v) is 4.06. The quantitative estimate of drug-likeness (QED) is 0.792. The highest BCUT2D eigenvalue weighted by Crippen LogP contribution is 2.46. The zero-order valence-electron chi connectivity index (χ0n) is 15.8. The van der Waals surface area contributed by atoms with Crippen LogP contribution in [0.3, 0.4) is 0 Å². The second-order valence-electron chi connectivity index (χ2n) is 7.49. The van der Waals surface area contributed by atoms with Crippen LogP contribution in [0.25, 0.3) is 0 Å². The summed E-state index contributed by atoms with van der Waals surface area (Å²) in [5.41, 5.74) is 2.48. The molecule has 1 spiro atoms. The lowest BCUT2D eigenvalue weighted by molar-refractivity contribution is -0.137. The monoisotopic (exact) mass is 403 g/mol. The molecule has 28 heavy (non-hydrogen) atoms. The summed E-state index contributed by atoms with van der Waals surface area (Å²) in [6.45, 7) is 3.72. The third-order valence-corrected chi connectivity index (χ3v) is 5.73. The maximum atomic E-state index is 10.8. The summed E-state index contributed by atoms with van der Waals surface area (Å²) in [6.07, 6.45) is 2.22. The zero-order valence-corrected chi connectivity index (χ0v) is 16.6. The van der Waals surface area contributed by atoms with E-state index in [-0.39, 0.29) is 24.2 Å². The van der Waals surface area contributed by atoms with Gasteiger partial charge in [-0.15, -0.1) is 12.4 Å². The number of aliphatic carboxylic acids is 1. The summed E-state index contributed by atoms with van der Waals surface area (Å²) in [5.74, 6) is 1.03. The molecule has 2 aromatic carbocycles. The number of rotatable bonds is 6. The second-order valence-corrected chi connectivity index (χ2v) is 7.49. The number of carboxylic acid groups (broad SMARTS) is 1. The van der Waals surface area contributed by atoms with Gasteiger partial charge in [-0.05, 0) is 37.6 Å². The van der Waals surface area contributed by atoms with Crippen LogP contribution in [0.2, 0.25) is 0 Å². The first-order valence-electron chi connectivity index (χ1n) is 9.53. The smallest absolute Gasteiger partial charge is 0.304 e. The highest BCUT2D eigenvalue weighted by atomic mass is 35.5. The Bertz CT molecular complexity index is 803. The van der Waals surface area contributed by atoms with Gasteiger partial charge in [0.1, 0.15) is 18.1 Å². The van der Waals surface area contributed by atoms with Crippen molar-refractivity contribution in [3.8, 4) is 11.5 Å². The molecule has 0 amide bonds. The molecule has 5 nitrogen and oxygen atoms in total. The standard InChI is InChI=1S/C22H25NO4.ClH/c24-21(25)8-11-23-12-9-22(10-13-23)16-27-20-14-18(6-7-19(20)22)26-15-17-4-2-1-3-5-17;/h1-7,14H,8-13,15-16H2,(H,24,25);1H. The fraction of sp³-hybridized carbons (Fsp3) is 0.409. The number of fused-ring (bicyclic) bond motifs is 2. The lowest BCUT2D eigenvalue weighted by atomic mass is 9.74. The van der Waals surface area contributed by atoms with Crippen molar-refractivity contribution in [2.45, 2.75) is 31.3 Å². The van der Waals surface area contributed by atoms with Crippen LogP contribution in [0.5, 0.6) is 11.5 Å². The van der Waals surface area contributed by atoms with Gasteiger partial charge in [0.05, 0.1) is 13.0 Å². The average Bonchev–Trinajstić information content (AvgIpc) is 3.04. The van der Waals surface area contributed by atoms with E-state index in [1.165, 1.54) is 5.56 Å². The Morgan fingerprint density at radius 3 is 2.61 bits per heavy atom. The van der Waals surface area contributed by atoms with Gasteiger partial charge in [0.15, 0.2) is 0 Å². The predicted octanol–water partition coefficient (Wildman–Crippen LogP) is 3.89. The molecule has 1 N–H and O–H groups in total. The van der Waals surface area contributed by atoms with Gasteiger partial charge in [0.25, 0.3) is 0 Å². The van der Waals surface area contributed by atoms with E-state index in [0.29, 0.717) is 19.8 Å². The molecule has 0 aliphatic carbocycles. The van der Waals surface area contributed by atoms with Crippen molar-refractivity contribution in [2.75, 3.05) is 26.2 Å². The molecule has 1 fully saturated rings. The van der Waals surface area contributed by atoms with Crippen molar-refractivity contribution in [3.63, 3.8) is 0 Å². The summed E-state index contributed by atoms with van der Waals surface area (Å²) in [4.78, 5) is 13.0. The molecule has 2 aromatic rings. The third-order valence-electron chi connectivity index (χ3n) is 5.73. The van der Waals surface area contributed by atoms with Gasteiger partial charge in [0, 0.05) is 23.6 Å². The molecule has 0 atom stereocenters. The van der Waals surface area contributed by atoms with E-state index in [2.05, 4.69) is 23.1 Å². The first-order valence-corrected chi connectivity index (χ1v) is 9.53. The van der Waals surface area contributed by atoms with Crippen LogP contribution in [0.15, 0.2) is 48.5 Å². The molecule has 0 radical (unpaired) electrons. The van der Waals surface area contributed by atoms with Crippen LogP contribution in [0.1, 0.15) is 30.4 Å². The number of halogens is 1. The number of carbonyl (C=O) groups is 1. The maximum Gasteiger partial charge on any atom is 0.304 e. The highest BCUT2D eigenvalue weighted by molar-refractivity contribution is 5.85. The van der Waals surface area contributed by atoms with Crippen molar-refractivity contribution in [3.05, 3.63) is 59.7 Å². The van der Waals surface area contributed by atoms with Gasteiger partial charge in [-0.3, -0.25) is 4.79 Å². The molecule has 0 bridgehead atoms. The summed E-state index contributed by atoms with van der Waals surface area (Å²) < 4.78 is 11.9. The molecule has 2 aliphatic rings. The van der Waals surface area contributed by atoms with Gasteiger partial charge < -0.3 is 19.5 Å². The number of carboxylic acids is 1. The minimum Gasteiger partial charge on any atom is -0.492 e. The molecule has 2 heterocycles. The summed E-state index contributed by atoms with van der Waals surface area (Å²) in [5, 5.41) is 8.86. The number of likely N-dealkylation sites (tertiary alicyclic amines) is 1. The van der Waals surface area contributed by atoms with E-state index >= 15 is 0 Å². The number of hydrogen-bond acceptors (Lipinski definition) is 4. The number of benzene rings is 2. The van der Waals surface area contributed by atoms with E-state index < -0.39 is 5.97 Å². The Morgan fingerprint density at radius 1 is 1.14 bits per heavy atom. The largest absolute Gasteiger partial charge is 0.492 e. The van der Waals surface area contributed by atoms with Gasteiger partial charge in [-0.2, -0.15) is 0 Å². The van der Waals surface area contributed by atoms with Crippen LogP contribution in [0.4, 0.5) is 0 Å². The van der Waals surface area contributed by atoms with Crippen LogP contribution in [0, 0.1) is 0 Å². The van der Waals surface area contributed by atoms with Gasteiger partial charge in [-0.25, -0.2) is 0 Å². The van der Waals surface area contributed by atoms with Crippen molar-refractivity contribution in [1.29, 1.82) is 0 Å². The van der Waals surface area contributed by atoms with Crippen molar-refractivity contribution >= 4 is 18.4 Å². The van der Waals surface area contributed by atoms with Crippen molar-refractivity contribution in [1.82, 2.24) is 4.90 Å². The normalized spacial score (nSPS) is 17.4. The van der Waals surface area contributed by atoms with E-state index in [4.69, 9.17) is 14.6 Å². The van der Waals surface area contributed by atoms with Crippen LogP contribution in [-0.4, -0.2) is 42.2 Å². The number of nitrogens with zero attached hydrogens (tertiary/aromatic N) is 1. The first kappa shape index (κ1) is 20.5. The summed E-state index contributed by atoms with van der Waals surface area (Å²) in [7, 11) is 0. The molecule has 2 aliphatic heterocycles. The first-order chi connectivity index (χ1) is 13.1. The number of ether oxygens (including phenoxy) is 2. The number of hydrogen-bond donors (Lipinski definition) is 1. The lowest BCUT2D eigenvalue weighted by Gasteiger charge is -2.38. The molecule has 4 rings (SSSR count). The minimum atomic E-state index is -0.729. The van der Waals surface area contributed by atoms with Crippen molar-refractivity contribution < 1.29 is 19.4 Å². The predicted molar refractivity (Wildman–Crippen MR) is 110 cm³/mol. The zero-order chi connectivity index (χ0) is 18.7. The highest BCUT2D eigenvalue weighted by Gasteiger charge is 2.43. The molecular weight excluding hydrogens is 378 g/mol. The Kier molecular flexibility index (Phi) is 6.47. The molecular formula is C22H26ClNO4. The van der Waals surface area contributed by atoms with Gasteiger partial charge in [0.2, 0.25) is 0 Å². The van der Waals surface area contributed by atoms with Gasteiger partial charge in [-0.1, -0.05) is 36.4 Å². The van der Waals surface area contributed by atoms with E-state index in [0.717, 1.165) is 43.0 Å². The molecule has 0 unspecified atom stereocenters.